The molecule has 5 rings (SSSR count). The van der Waals surface area contributed by atoms with Crippen molar-refractivity contribution in [1.82, 2.24) is 9.97 Å². The van der Waals surface area contributed by atoms with Gasteiger partial charge >= 0.3 is 5.97 Å². The molecule has 220 valence electrons. The number of hydrogen-bond donors (Lipinski definition) is 1. The molecule has 1 N–H and O–H groups in total. The van der Waals surface area contributed by atoms with Crippen molar-refractivity contribution in [2.45, 2.75) is 37.1 Å². The number of halogens is 2. The van der Waals surface area contributed by atoms with Gasteiger partial charge in [-0.3, -0.25) is 4.31 Å². The van der Waals surface area contributed by atoms with E-state index in [0.717, 1.165) is 39.4 Å². The maximum atomic E-state index is 14.0. The van der Waals surface area contributed by atoms with Gasteiger partial charge in [0.15, 0.2) is 0 Å². The first-order valence-electron chi connectivity index (χ1n) is 13.6. The fourth-order valence-corrected chi connectivity index (χ4v) is 7.33. The summed E-state index contributed by atoms with van der Waals surface area (Å²) in [4.78, 5) is 23.5. The number of ether oxygens (including phenoxy) is 1. The van der Waals surface area contributed by atoms with E-state index in [9.17, 15) is 18.3 Å². The number of aromatic nitrogens is 2. The van der Waals surface area contributed by atoms with Crippen LogP contribution in [0.1, 0.15) is 26.2 Å². The molecule has 0 spiro atoms. The van der Waals surface area contributed by atoms with Gasteiger partial charge in [-0.1, -0.05) is 61.2 Å². The number of morpholine rings is 1. The Bertz CT molecular complexity index is 1690. The van der Waals surface area contributed by atoms with Crippen LogP contribution in [-0.2, 0) is 19.6 Å². The molecule has 0 radical (unpaired) electrons. The fourth-order valence-electron chi connectivity index (χ4n) is 4.97. The van der Waals surface area contributed by atoms with Crippen LogP contribution in [0.15, 0.2) is 71.8 Å². The summed E-state index contributed by atoms with van der Waals surface area (Å²) in [5.74, 6) is -0.601. The molecule has 42 heavy (non-hydrogen) atoms. The molecule has 2 heterocycles. The van der Waals surface area contributed by atoms with Gasteiger partial charge in [-0.05, 0) is 59.7 Å². The zero-order chi connectivity index (χ0) is 29.9. The van der Waals surface area contributed by atoms with E-state index in [0.29, 0.717) is 32.0 Å². The SMILES string of the molecule is CCCCC(C(=O)O)N(c1ccc2cc(-c3ccnc(N4CCOCC4)n3)ccc2c1)S(=O)(=O)c1cc(Cl)cc(Cl)c1. The van der Waals surface area contributed by atoms with Crippen molar-refractivity contribution < 1.29 is 23.1 Å². The number of rotatable bonds is 10. The average molecular weight is 630 g/mol. The number of carboxylic acids is 1. The van der Waals surface area contributed by atoms with Crippen LogP contribution < -0.4 is 9.21 Å². The van der Waals surface area contributed by atoms with Gasteiger partial charge in [0.05, 0.1) is 29.5 Å². The van der Waals surface area contributed by atoms with Crippen LogP contribution in [-0.4, -0.2) is 61.8 Å². The number of sulfonamides is 1. The molecule has 9 nitrogen and oxygen atoms in total. The fraction of sp³-hybridized carbons (Fsp3) is 0.300. The summed E-state index contributed by atoms with van der Waals surface area (Å²) in [6.45, 7) is 4.62. The van der Waals surface area contributed by atoms with Crippen molar-refractivity contribution in [3.63, 3.8) is 0 Å². The van der Waals surface area contributed by atoms with E-state index in [1.807, 2.05) is 31.2 Å². The number of fused-ring (bicyclic) bond motifs is 1. The van der Waals surface area contributed by atoms with Gasteiger partial charge < -0.3 is 14.7 Å². The second-order valence-electron chi connectivity index (χ2n) is 9.99. The van der Waals surface area contributed by atoms with Crippen LogP contribution in [0, 0.1) is 0 Å². The minimum absolute atomic E-state index is 0.133. The van der Waals surface area contributed by atoms with E-state index < -0.39 is 22.0 Å². The predicted molar refractivity (Wildman–Crippen MR) is 165 cm³/mol. The Hall–Kier alpha value is -3.44. The third-order valence-electron chi connectivity index (χ3n) is 7.10. The van der Waals surface area contributed by atoms with Gasteiger partial charge in [-0.25, -0.2) is 23.2 Å². The first-order chi connectivity index (χ1) is 20.2. The molecule has 0 saturated carbocycles. The molecule has 4 aromatic rings. The number of carbonyl (C=O) groups is 1. The number of carboxylic acid groups (broad SMARTS) is 1. The maximum absolute atomic E-state index is 14.0. The summed E-state index contributed by atoms with van der Waals surface area (Å²) in [7, 11) is -4.36. The maximum Gasteiger partial charge on any atom is 0.327 e. The van der Waals surface area contributed by atoms with Gasteiger partial charge in [0, 0.05) is 34.9 Å². The van der Waals surface area contributed by atoms with E-state index in [-0.39, 0.29) is 27.0 Å². The molecular weight excluding hydrogens is 599 g/mol. The number of benzene rings is 3. The summed E-state index contributed by atoms with van der Waals surface area (Å²) < 4.78 is 34.4. The Labute approximate surface area is 254 Å². The quantitative estimate of drug-likeness (QED) is 0.218. The minimum atomic E-state index is -4.36. The Balaban J connectivity index is 1.55. The largest absolute Gasteiger partial charge is 0.480 e. The molecule has 1 fully saturated rings. The highest BCUT2D eigenvalue weighted by Crippen LogP contribution is 2.34. The summed E-state index contributed by atoms with van der Waals surface area (Å²) in [6.07, 6.45) is 3.10. The Kier molecular flexibility index (Phi) is 9.17. The smallest absolute Gasteiger partial charge is 0.327 e. The Morgan fingerprint density at radius 3 is 2.40 bits per heavy atom. The van der Waals surface area contributed by atoms with E-state index >= 15 is 0 Å². The molecule has 0 bridgehead atoms. The molecule has 1 atom stereocenters. The van der Waals surface area contributed by atoms with Crippen LogP contribution in [0.3, 0.4) is 0 Å². The summed E-state index contributed by atoms with van der Waals surface area (Å²) in [5.41, 5.74) is 1.85. The highest BCUT2D eigenvalue weighted by Gasteiger charge is 2.36. The van der Waals surface area contributed by atoms with Crippen LogP contribution in [0.25, 0.3) is 22.0 Å². The second kappa shape index (κ2) is 12.8. The molecule has 3 aromatic carbocycles. The number of nitrogens with zero attached hydrogens (tertiary/aromatic N) is 4. The molecule has 1 aromatic heterocycles. The van der Waals surface area contributed by atoms with Gasteiger partial charge in [0.2, 0.25) is 5.95 Å². The van der Waals surface area contributed by atoms with E-state index in [1.165, 1.54) is 18.2 Å². The molecule has 1 aliphatic rings. The Morgan fingerprint density at radius 2 is 1.71 bits per heavy atom. The summed E-state index contributed by atoms with van der Waals surface area (Å²) >= 11 is 12.3. The highest BCUT2D eigenvalue weighted by molar-refractivity contribution is 7.93. The topological polar surface area (TPSA) is 113 Å². The average Bonchev–Trinajstić information content (AvgIpc) is 2.98. The van der Waals surface area contributed by atoms with E-state index in [4.69, 9.17) is 32.9 Å². The van der Waals surface area contributed by atoms with Gasteiger partial charge in [-0.2, -0.15) is 0 Å². The predicted octanol–water partition coefficient (Wildman–Crippen LogP) is 6.28. The first kappa shape index (κ1) is 30.0. The lowest BCUT2D eigenvalue weighted by Crippen LogP contribution is -2.45. The molecule has 1 aliphatic heterocycles. The second-order valence-corrected chi connectivity index (χ2v) is 12.7. The number of hydrogen-bond acceptors (Lipinski definition) is 7. The molecular formula is C30H30Cl2N4O5S. The van der Waals surface area contributed by atoms with Gasteiger partial charge in [0.1, 0.15) is 6.04 Å². The molecule has 0 amide bonds. The molecule has 0 aliphatic carbocycles. The monoisotopic (exact) mass is 628 g/mol. The van der Waals surface area contributed by atoms with Crippen LogP contribution in [0.5, 0.6) is 0 Å². The lowest BCUT2D eigenvalue weighted by molar-refractivity contribution is -0.138. The van der Waals surface area contributed by atoms with Crippen molar-refractivity contribution in [3.8, 4) is 11.3 Å². The van der Waals surface area contributed by atoms with Crippen molar-refractivity contribution in [3.05, 3.63) is 76.9 Å². The third kappa shape index (κ3) is 6.47. The van der Waals surface area contributed by atoms with Crippen molar-refractivity contribution >= 4 is 61.6 Å². The van der Waals surface area contributed by atoms with Gasteiger partial charge in [-0.15, -0.1) is 0 Å². The Morgan fingerprint density at radius 1 is 1.02 bits per heavy atom. The van der Waals surface area contributed by atoms with Crippen LogP contribution in [0.2, 0.25) is 10.0 Å². The van der Waals surface area contributed by atoms with E-state index in [2.05, 4.69) is 9.88 Å². The normalized spacial score (nSPS) is 14.6. The first-order valence-corrected chi connectivity index (χ1v) is 15.8. The van der Waals surface area contributed by atoms with Crippen molar-refractivity contribution in [2.24, 2.45) is 0 Å². The van der Waals surface area contributed by atoms with Crippen LogP contribution >= 0.6 is 23.2 Å². The lowest BCUT2D eigenvalue weighted by atomic mass is 10.0. The highest BCUT2D eigenvalue weighted by atomic mass is 35.5. The molecule has 1 unspecified atom stereocenters. The minimum Gasteiger partial charge on any atom is -0.480 e. The summed E-state index contributed by atoms with van der Waals surface area (Å²) in [5, 5.41) is 12.0. The van der Waals surface area contributed by atoms with Crippen molar-refractivity contribution in [2.75, 3.05) is 35.5 Å². The number of unbranched alkanes of at least 4 members (excludes halogenated alkanes) is 1. The van der Waals surface area contributed by atoms with Crippen LogP contribution in [0.4, 0.5) is 11.6 Å². The van der Waals surface area contributed by atoms with Gasteiger partial charge in [0.25, 0.3) is 10.0 Å². The number of anilines is 2. The zero-order valence-corrected chi connectivity index (χ0v) is 25.2. The number of aliphatic carboxylic acids is 1. The zero-order valence-electron chi connectivity index (χ0n) is 22.9. The third-order valence-corrected chi connectivity index (χ3v) is 9.35. The standard InChI is InChI=1S/C30H30Cl2N4O5S/c1-2-3-4-28(29(37)38)36(42(39,40)26-18-23(31)17-24(32)19-26)25-8-7-20-15-22(6-5-21(20)16-25)27-9-10-33-30(34-27)35-11-13-41-14-12-35/h5-10,15-19,28H,2-4,11-14H2,1H3,(H,37,38). The van der Waals surface area contributed by atoms with E-state index in [1.54, 1.807) is 24.4 Å². The lowest BCUT2D eigenvalue weighted by Gasteiger charge is -2.30. The van der Waals surface area contributed by atoms with Crippen molar-refractivity contribution in [1.29, 1.82) is 0 Å². The molecule has 12 heteroatoms. The summed E-state index contributed by atoms with van der Waals surface area (Å²) in [6, 6.07) is 15.3. The molecule has 1 saturated heterocycles.